The quantitative estimate of drug-likeness (QED) is 0.681. The fourth-order valence-electron chi connectivity index (χ4n) is 4.18. The number of carbonyl (C=O) groups excluding carboxylic acids is 1. The average Bonchev–Trinajstić information content (AvgIpc) is 3.22. The molecule has 0 saturated carbocycles. The van der Waals surface area contributed by atoms with E-state index in [1.165, 1.54) is 0 Å². The molecule has 8 nitrogen and oxygen atoms in total. The number of aromatic nitrogens is 4. The van der Waals surface area contributed by atoms with E-state index in [1.54, 1.807) is 24.9 Å². The number of nitrogens with one attached hydrogen (secondary N) is 1. The van der Waals surface area contributed by atoms with E-state index in [9.17, 15) is 9.90 Å². The van der Waals surface area contributed by atoms with Crippen LogP contribution >= 0.6 is 0 Å². The number of piperidine rings is 1. The molecular weight excluding hydrogens is 382 g/mol. The molecule has 3 aromatic rings. The van der Waals surface area contributed by atoms with Gasteiger partial charge in [0.1, 0.15) is 22.6 Å². The van der Waals surface area contributed by atoms with Gasteiger partial charge in [-0.05, 0) is 53.5 Å². The van der Waals surface area contributed by atoms with Crippen LogP contribution in [0.3, 0.4) is 0 Å². The number of amides is 1. The van der Waals surface area contributed by atoms with Crippen LogP contribution in [0, 0.1) is 0 Å². The van der Waals surface area contributed by atoms with E-state index in [-0.39, 0.29) is 12.1 Å². The molecule has 1 fully saturated rings. The lowest BCUT2D eigenvalue weighted by atomic mass is 10.0. The Morgan fingerprint density at radius 3 is 2.60 bits per heavy atom. The molecule has 30 heavy (non-hydrogen) atoms. The number of ether oxygens (including phenoxy) is 1. The highest BCUT2D eigenvalue weighted by atomic mass is 16.6. The maximum Gasteiger partial charge on any atom is 0.410 e. The number of pyridine rings is 1. The van der Waals surface area contributed by atoms with Gasteiger partial charge in [-0.1, -0.05) is 0 Å². The van der Waals surface area contributed by atoms with E-state index in [0.717, 1.165) is 40.7 Å². The highest BCUT2D eigenvalue weighted by molar-refractivity contribution is 6.01. The zero-order chi connectivity index (χ0) is 21.7. The van der Waals surface area contributed by atoms with Gasteiger partial charge < -0.3 is 24.3 Å². The number of aromatic amines is 1. The lowest BCUT2D eigenvalue weighted by Crippen LogP contribution is -2.42. The molecule has 8 heteroatoms. The molecule has 0 atom stereocenters. The Balaban J connectivity index is 1.67. The number of nitrogens with zero attached hydrogens (tertiary/aromatic N) is 4. The van der Waals surface area contributed by atoms with Crippen LogP contribution in [-0.2, 0) is 11.2 Å². The second-order valence-corrected chi connectivity index (χ2v) is 9.82. The van der Waals surface area contributed by atoms with Crippen molar-refractivity contribution in [3.8, 4) is 0 Å². The molecule has 0 aromatic carbocycles. The number of likely N-dealkylation sites (tertiary alicyclic amines) is 1. The lowest BCUT2D eigenvalue weighted by Gasteiger charge is -2.35. The van der Waals surface area contributed by atoms with E-state index < -0.39 is 11.2 Å². The van der Waals surface area contributed by atoms with Crippen LogP contribution in [0.4, 0.5) is 4.79 Å². The van der Waals surface area contributed by atoms with Crippen molar-refractivity contribution in [2.24, 2.45) is 0 Å². The molecule has 1 aliphatic heterocycles. The van der Waals surface area contributed by atoms with E-state index in [1.807, 2.05) is 33.0 Å². The van der Waals surface area contributed by atoms with Crippen LogP contribution in [-0.4, -0.2) is 59.9 Å². The van der Waals surface area contributed by atoms with Gasteiger partial charge in [0.05, 0.1) is 17.3 Å². The summed E-state index contributed by atoms with van der Waals surface area (Å²) in [7, 11) is 0. The van der Waals surface area contributed by atoms with Crippen molar-refractivity contribution in [2.45, 2.75) is 71.1 Å². The van der Waals surface area contributed by atoms with Crippen molar-refractivity contribution in [3.05, 3.63) is 24.3 Å². The molecule has 4 heterocycles. The van der Waals surface area contributed by atoms with Crippen molar-refractivity contribution in [1.82, 2.24) is 24.4 Å². The number of hydrogen-bond donors (Lipinski definition) is 2. The third-order valence-electron chi connectivity index (χ3n) is 5.38. The maximum atomic E-state index is 12.5. The van der Waals surface area contributed by atoms with Crippen molar-refractivity contribution in [2.75, 3.05) is 13.1 Å². The second-order valence-electron chi connectivity index (χ2n) is 9.82. The second kappa shape index (κ2) is 7.27. The van der Waals surface area contributed by atoms with Gasteiger partial charge in [0.25, 0.3) is 0 Å². The first-order chi connectivity index (χ1) is 14.0. The maximum absolute atomic E-state index is 12.5. The van der Waals surface area contributed by atoms with Crippen molar-refractivity contribution in [3.63, 3.8) is 0 Å². The summed E-state index contributed by atoms with van der Waals surface area (Å²) in [5, 5.41) is 11.5. The van der Waals surface area contributed by atoms with Crippen LogP contribution in [0.1, 0.15) is 59.3 Å². The summed E-state index contributed by atoms with van der Waals surface area (Å²) >= 11 is 0. The Kier molecular flexibility index (Phi) is 5.00. The van der Waals surface area contributed by atoms with Crippen LogP contribution in [0.5, 0.6) is 0 Å². The van der Waals surface area contributed by atoms with Gasteiger partial charge in [-0.3, -0.25) is 0 Å². The fourth-order valence-corrected chi connectivity index (χ4v) is 4.18. The van der Waals surface area contributed by atoms with Crippen LogP contribution in [0.15, 0.2) is 18.5 Å². The number of H-pyrrole nitrogens is 1. The zero-order valence-corrected chi connectivity index (χ0v) is 18.4. The first-order valence-electron chi connectivity index (χ1n) is 10.5. The van der Waals surface area contributed by atoms with Crippen LogP contribution in [0.2, 0.25) is 0 Å². The Labute approximate surface area is 176 Å². The summed E-state index contributed by atoms with van der Waals surface area (Å²) in [6.07, 6.45) is 5.46. The molecule has 4 rings (SSSR count). The summed E-state index contributed by atoms with van der Waals surface area (Å²) in [5.41, 5.74) is 1.32. The third-order valence-corrected chi connectivity index (χ3v) is 5.38. The Morgan fingerprint density at radius 2 is 1.97 bits per heavy atom. The number of rotatable bonds is 3. The number of fused-ring (bicyclic) bond motifs is 3. The Bertz CT molecular complexity index is 1060. The number of imidazole rings is 1. The smallest absolute Gasteiger partial charge is 0.410 e. The predicted octanol–water partition coefficient (Wildman–Crippen LogP) is 3.80. The SMILES string of the molecule is CC(C)(O)Cc1nc2cnc3[nH]ccc3c2n1C1CCN(C(=O)OC(C)(C)C)CC1. The molecule has 1 saturated heterocycles. The molecular formula is C22H31N5O3. The Hall–Kier alpha value is -2.61. The molecule has 0 spiro atoms. The summed E-state index contributed by atoms with van der Waals surface area (Å²) in [5.74, 6) is 0.851. The van der Waals surface area contributed by atoms with E-state index in [0.29, 0.717) is 19.5 Å². The van der Waals surface area contributed by atoms with Gasteiger partial charge in [0.2, 0.25) is 0 Å². The van der Waals surface area contributed by atoms with Gasteiger partial charge in [0, 0.05) is 37.1 Å². The Morgan fingerprint density at radius 1 is 1.27 bits per heavy atom. The normalized spacial score (nSPS) is 16.5. The van der Waals surface area contributed by atoms with Crippen molar-refractivity contribution < 1.29 is 14.6 Å². The highest BCUT2D eigenvalue weighted by Gasteiger charge is 2.31. The summed E-state index contributed by atoms with van der Waals surface area (Å²) in [6, 6.07) is 2.21. The van der Waals surface area contributed by atoms with E-state index in [2.05, 4.69) is 14.5 Å². The highest BCUT2D eigenvalue weighted by Crippen LogP contribution is 2.33. The summed E-state index contributed by atoms with van der Waals surface area (Å²) in [4.78, 5) is 26.7. The number of aliphatic hydroxyl groups is 1. The lowest BCUT2D eigenvalue weighted by molar-refractivity contribution is 0.0188. The minimum atomic E-state index is -0.874. The van der Waals surface area contributed by atoms with Gasteiger partial charge >= 0.3 is 6.09 Å². The first-order valence-corrected chi connectivity index (χ1v) is 10.5. The number of carbonyl (C=O) groups is 1. The molecule has 3 aromatic heterocycles. The van der Waals surface area contributed by atoms with E-state index in [4.69, 9.17) is 9.72 Å². The van der Waals surface area contributed by atoms with Gasteiger partial charge in [0.15, 0.2) is 0 Å². The van der Waals surface area contributed by atoms with Gasteiger partial charge in [-0.15, -0.1) is 0 Å². The van der Waals surface area contributed by atoms with Crippen molar-refractivity contribution >= 4 is 28.2 Å². The fraction of sp³-hybridized carbons (Fsp3) is 0.591. The van der Waals surface area contributed by atoms with Crippen molar-refractivity contribution in [1.29, 1.82) is 0 Å². The largest absolute Gasteiger partial charge is 0.444 e. The zero-order valence-electron chi connectivity index (χ0n) is 18.4. The molecule has 0 aliphatic carbocycles. The molecule has 0 unspecified atom stereocenters. The van der Waals surface area contributed by atoms with Crippen LogP contribution in [0.25, 0.3) is 22.1 Å². The minimum Gasteiger partial charge on any atom is -0.444 e. The van der Waals surface area contributed by atoms with Gasteiger partial charge in [-0.25, -0.2) is 14.8 Å². The first kappa shape index (κ1) is 20.7. The molecule has 1 amide bonds. The molecule has 0 radical (unpaired) electrons. The molecule has 2 N–H and O–H groups in total. The molecule has 0 bridgehead atoms. The topological polar surface area (TPSA) is 96.3 Å². The summed E-state index contributed by atoms with van der Waals surface area (Å²) < 4.78 is 7.79. The minimum absolute atomic E-state index is 0.187. The summed E-state index contributed by atoms with van der Waals surface area (Å²) in [6.45, 7) is 10.5. The van der Waals surface area contributed by atoms with Crippen LogP contribution < -0.4 is 0 Å². The van der Waals surface area contributed by atoms with E-state index >= 15 is 0 Å². The monoisotopic (exact) mass is 413 g/mol. The standard InChI is InChI=1S/C22H31N5O3/c1-21(2,3)30-20(28)26-10-7-14(8-11-26)27-17(12-22(4,5)29)25-16-13-24-19-15(18(16)27)6-9-23-19/h6,9,13-14,29H,7-8,10-12H2,1-5H3,(H,23,24). The molecule has 1 aliphatic rings. The van der Waals surface area contributed by atoms with Gasteiger partial charge in [-0.2, -0.15) is 0 Å². The predicted molar refractivity (Wildman–Crippen MR) is 115 cm³/mol. The third kappa shape index (κ3) is 4.14. The number of hydrogen-bond acceptors (Lipinski definition) is 5. The molecule has 162 valence electrons. The average molecular weight is 414 g/mol.